The Hall–Kier alpha value is -1.54. The van der Waals surface area contributed by atoms with Gasteiger partial charge in [-0.1, -0.05) is 35.0 Å². The Bertz CT molecular complexity index is 683. The Morgan fingerprint density at radius 1 is 1.00 bits per heavy atom. The van der Waals surface area contributed by atoms with Crippen molar-refractivity contribution < 1.29 is 10.2 Å². The van der Waals surface area contributed by atoms with Gasteiger partial charge in [0.2, 0.25) is 0 Å². The average molecular weight is 312 g/mol. The molecule has 0 amide bonds. The molecule has 0 aliphatic carbocycles. The third-order valence-corrected chi connectivity index (χ3v) is 3.83. The first-order valence-electron chi connectivity index (χ1n) is 5.10. The molecule has 2 rings (SSSR count). The van der Waals surface area contributed by atoms with Crippen molar-refractivity contribution >= 4 is 35.0 Å². The third kappa shape index (κ3) is 3.07. The highest BCUT2D eigenvalue weighted by Crippen LogP contribution is 2.42. The van der Waals surface area contributed by atoms with E-state index in [0.29, 0.717) is 19.8 Å². The number of hydrogen-bond donors (Lipinski definition) is 2. The van der Waals surface area contributed by atoms with Gasteiger partial charge in [-0.15, -0.1) is 0 Å². The lowest BCUT2D eigenvalue weighted by Gasteiger charge is -2.08. The molecule has 0 fully saturated rings. The minimum absolute atomic E-state index is 0.0345. The summed E-state index contributed by atoms with van der Waals surface area (Å²) in [6.45, 7) is 0. The summed E-state index contributed by atoms with van der Waals surface area (Å²) in [6, 6.07) is 9.32. The molecule has 2 N–H and O–H groups in total. The van der Waals surface area contributed by atoms with Crippen molar-refractivity contribution in [2.45, 2.75) is 9.79 Å². The fraction of sp³-hybridized carbons (Fsp3) is 0. The summed E-state index contributed by atoms with van der Waals surface area (Å²) in [5.41, 5.74) is 0.0801. The Morgan fingerprint density at radius 3 is 2.37 bits per heavy atom. The molecule has 0 heterocycles. The van der Waals surface area contributed by atoms with Crippen molar-refractivity contribution in [3.63, 3.8) is 0 Å². The molecule has 0 saturated heterocycles. The Kier molecular flexibility index (Phi) is 4.11. The Morgan fingerprint density at radius 2 is 1.68 bits per heavy atom. The molecule has 0 radical (unpaired) electrons. The van der Waals surface area contributed by atoms with Gasteiger partial charge in [0.25, 0.3) is 0 Å². The first kappa shape index (κ1) is 13.9. The zero-order valence-electron chi connectivity index (χ0n) is 9.39. The number of nitriles is 1. The summed E-state index contributed by atoms with van der Waals surface area (Å²) in [5.74, 6) is -0.136. The van der Waals surface area contributed by atoms with Crippen LogP contribution in [0.1, 0.15) is 5.56 Å². The predicted octanol–water partition coefficient (Wildman–Crippen LogP) is 4.43. The van der Waals surface area contributed by atoms with Crippen LogP contribution in [0.5, 0.6) is 11.5 Å². The number of nitrogens with zero attached hydrogens (tertiary/aromatic N) is 1. The molecule has 0 saturated carbocycles. The molecule has 0 unspecified atom stereocenters. The fourth-order valence-electron chi connectivity index (χ4n) is 1.43. The van der Waals surface area contributed by atoms with Gasteiger partial charge in [0.05, 0.1) is 15.4 Å². The van der Waals surface area contributed by atoms with Gasteiger partial charge in [0, 0.05) is 10.0 Å². The van der Waals surface area contributed by atoms with Crippen molar-refractivity contribution in [2.24, 2.45) is 0 Å². The normalized spacial score (nSPS) is 10.2. The van der Waals surface area contributed by atoms with E-state index in [9.17, 15) is 10.2 Å². The van der Waals surface area contributed by atoms with E-state index in [1.165, 1.54) is 18.2 Å². The van der Waals surface area contributed by atoms with Crippen LogP contribution in [0, 0.1) is 11.3 Å². The lowest BCUT2D eigenvalue weighted by molar-refractivity contribution is 0.459. The second-order valence-corrected chi connectivity index (χ2v) is 5.58. The van der Waals surface area contributed by atoms with Gasteiger partial charge < -0.3 is 10.2 Å². The minimum atomic E-state index is -0.170. The first-order valence-corrected chi connectivity index (χ1v) is 6.67. The van der Waals surface area contributed by atoms with Crippen LogP contribution in [0.15, 0.2) is 40.1 Å². The second kappa shape index (κ2) is 5.62. The van der Waals surface area contributed by atoms with Crippen LogP contribution in [0.4, 0.5) is 0 Å². The van der Waals surface area contributed by atoms with Gasteiger partial charge in [-0.05, 0) is 30.3 Å². The highest BCUT2D eigenvalue weighted by molar-refractivity contribution is 7.99. The van der Waals surface area contributed by atoms with Crippen LogP contribution in [0.3, 0.4) is 0 Å². The topological polar surface area (TPSA) is 64.2 Å². The molecule has 0 bridgehead atoms. The van der Waals surface area contributed by atoms with E-state index in [4.69, 9.17) is 28.5 Å². The highest BCUT2D eigenvalue weighted by Gasteiger charge is 2.13. The van der Waals surface area contributed by atoms with Crippen LogP contribution in [-0.4, -0.2) is 10.2 Å². The number of phenols is 2. The quantitative estimate of drug-likeness (QED) is 0.861. The second-order valence-electron chi connectivity index (χ2n) is 3.63. The Labute approximate surface area is 124 Å². The smallest absolute Gasteiger partial charge is 0.147 e. The molecular weight excluding hydrogens is 305 g/mol. The molecule has 96 valence electrons. The standard InChI is InChI=1S/C13H7Cl2NO2S/c14-8-1-2-10(17)11(4-8)19-12-5-9(15)3-7(6-16)13(12)18/h1-5,17-18H. The van der Waals surface area contributed by atoms with Crippen LogP contribution >= 0.6 is 35.0 Å². The molecule has 6 heteroatoms. The summed E-state index contributed by atoms with van der Waals surface area (Å²) in [7, 11) is 0. The molecule has 19 heavy (non-hydrogen) atoms. The summed E-state index contributed by atoms with van der Waals surface area (Å²) >= 11 is 12.8. The van der Waals surface area contributed by atoms with E-state index in [0.717, 1.165) is 11.8 Å². The molecule has 2 aromatic rings. The van der Waals surface area contributed by atoms with Gasteiger partial charge in [0.15, 0.2) is 0 Å². The summed E-state index contributed by atoms with van der Waals surface area (Å²) in [5, 5.41) is 29.3. The molecule has 2 aromatic carbocycles. The van der Waals surface area contributed by atoms with E-state index in [1.54, 1.807) is 12.1 Å². The molecular formula is C13H7Cl2NO2S. The molecule has 0 aliphatic rings. The summed E-state index contributed by atoms with van der Waals surface area (Å²) in [4.78, 5) is 0.843. The molecule has 3 nitrogen and oxygen atoms in total. The van der Waals surface area contributed by atoms with E-state index < -0.39 is 0 Å². The van der Waals surface area contributed by atoms with Crippen LogP contribution < -0.4 is 0 Å². The maximum absolute atomic E-state index is 9.92. The molecule has 0 atom stereocenters. The average Bonchev–Trinajstić information content (AvgIpc) is 2.37. The van der Waals surface area contributed by atoms with E-state index >= 15 is 0 Å². The van der Waals surface area contributed by atoms with E-state index in [2.05, 4.69) is 0 Å². The van der Waals surface area contributed by atoms with Gasteiger partial charge >= 0.3 is 0 Å². The number of hydrogen-bond acceptors (Lipinski definition) is 4. The van der Waals surface area contributed by atoms with Crippen molar-refractivity contribution in [1.29, 1.82) is 5.26 Å². The number of rotatable bonds is 2. The fourth-order valence-corrected chi connectivity index (χ4v) is 2.93. The van der Waals surface area contributed by atoms with Crippen molar-refractivity contribution in [2.75, 3.05) is 0 Å². The van der Waals surface area contributed by atoms with Gasteiger partial charge in [-0.3, -0.25) is 0 Å². The maximum atomic E-state index is 9.92. The van der Waals surface area contributed by atoms with E-state index in [-0.39, 0.29) is 17.1 Å². The number of phenolic OH excluding ortho intramolecular Hbond substituents is 2. The van der Waals surface area contributed by atoms with Crippen LogP contribution in [-0.2, 0) is 0 Å². The molecule has 0 spiro atoms. The third-order valence-electron chi connectivity index (χ3n) is 2.30. The van der Waals surface area contributed by atoms with Crippen molar-refractivity contribution in [1.82, 2.24) is 0 Å². The van der Waals surface area contributed by atoms with Crippen molar-refractivity contribution in [3.8, 4) is 17.6 Å². The summed E-state index contributed by atoms with van der Waals surface area (Å²) < 4.78 is 0. The van der Waals surface area contributed by atoms with Crippen LogP contribution in [0.25, 0.3) is 0 Å². The number of halogens is 2. The SMILES string of the molecule is N#Cc1cc(Cl)cc(Sc2cc(Cl)ccc2O)c1O. The lowest BCUT2D eigenvalue weighted by atomic mass is 10.2. The van der Waals surface area contributed by atoms with Crippen molar-refractivity contribution in [3.05, 3.63) is 45.9 Å². The maximum Gasteiger partial charge on any atom is 0.147 e. The highest BCUT2D eigenvalue weighted by atomic mass is 35.5. The predicted molar refractivity (Wildman–Crippen MR) is 75.1 cm³/mol. The largest absolute Gasteiger partial charge is 0.507 e. The zero-order chi connectivity index (χ0) is 14.0. The lowest BCUT2D eigenvalue weighted by Crippen LogP contribution is -1.83. The van der Waals surface area contributed by atoms with E-state index in [1.807, 2.05) is 6.07 Å². The van der Waals surface area contributed by atoms with Crippen LogP contribution in [0.2, 0.25) is 10.0 Å². The molecule has 0 aliphatic heterocycles. The summed E-state index contributed by atoms with van der Waals surface area (Å²) in [6.07, 6.45) is 0. The monoisotopic (exact) mass is 311 g/mol. The number of benzene rings is 2. The van der Waals surface area contributed by atoms with Gasteiger partial charge in [-0.25, -0.2) is 0 Å². The first-order chi connectivity index (χ1) is 9.01. The van der Waals surface area contributed by atoms with Gasteiger partial charge in [0.1, 0.15) is 17.6 Å². The van der Waals surface area contributed by atoms with Gasteiger partial charge in [-0.2, -0.15) is 5.26 Å². The zero-order valence-corrected chi connectivity index (χ0v) is 11.7. The molecule has 0 aromatic heterocycles. The minimum Gasteiger partial charge on any atom is -0.507 e. The Balaban J connectivity index is 2.47. The number of aromatic hydroxyl groups is 2.